The van der Waals surface area contributed by atoms with Gasteiger partial charge in [0.25, 0.3) is 0 Å². The SMILES string of the molecule is C=C(C)C(=O)Oc1ccc(O)c(C(=O)OC(C)Cc2cc(O)c(C(C)=O)c(OC(=O)C(=C)C)c2)c1. The van der Waals surface area contributed by atoms with E-state index < -0.39 is 35.5 Å². The molecular weight excluding hydrogens is 456 g/mol. The first-order valence-electron chi connectivity index (χ1n) is 10.5. The molecule has 0 radical (unpaired) electrons. The van der Waals surface area contributed by atoms with Gasteiger partial charge in [0, 0.05) is 17.6 Å². The van der Waals surface area contributed by atoms with Crippen LogP contribution in [0.3, 0.4) is 0 Å². The van der Waals surface area contributed by atoms with Crippen LogP contribution in [0.2, 0.25) is 0 Å². The first-order chi connectivity index (χ1) is 16.3. The zero-order valence-electron chi connectivity index (χ0n) is 19.8. The predicted molar refractivity (Wildman–Crippen MR) is 126 cm³/mol. The Morgan fingerprint density at radius 2 is 1.49 bits per heavy atom. The summed E-state index contributed by atoms with van der Waals surface area (Å²) in [5.74, 6) is -3.78. The molecule has 2 aromatic rings. The van der Waals surface area contributed by atoms with Crippen LogP contribution in [0.5, 0.6) is 23.0 Å². The van der Waals surface area contributed by atoms with E-state index in [1.54, 1.807) is 6.92 Å². The van der Waals surface area contributed by atoms with Gasteiger partial charge < -0.3 is 24.4 Å². The van der Waals surface area contributed by atoms with Crippen molar-refractivity contribution in [3.8, 4) is 23.0 Å². The summed E-state index contributed by atoms with van der Waals surface area (Å²) in [7, 11) is 0. The van der Waals surface area contributed by atoms with Gasteiger partial charge in [-0.15, -0.1) is 0 Å². The largest absolute Gasteiger partial charge is 0.507 e. The quantitative estimate of drug-likeness (QED) is 0.235. The Morgan fingerprint density at radius 1 is 0.886 bits per heavy atom. The van der Waals surface area contributed by atoms with Crippen LogP contribution in [0.15, 0.2) is 54.6 Å². The number of carbonyl (C=O) groups excluding carboxylic acids is 4. The third kappa shape index (κ3) is 7.04. The lowest BCUT2D eigenvalue weighted by Gasteiger charge is -2.17. The number of hydrogen-bond donors (Lipinski definition) is 2. The Labute approximate surface area is 202 Å². The summed E-state index contributed by atoms with van der Waals surface area (Å²) in [6, 6.07) is 6.34. The van der Waals surface area contributed by atoms with E-state index in [4.69, 9.17) is 14.2 Å². The average molecular weight is 482 g/mol. The maximum atomic E-state index is 12.6. The molecule has 1 unspecified atom stereocenters. The van der Waals surface area contributed by atoms with Crippen LogP contribution < -0.4 is 9.47 Å². The van der Waals surface area contributed by atoms with E-state index in [9.17, 15) is 29.4 Å². The van der Waals surface area contributed by atoms with Crippen LogP contribution in [0.1, 0.15) is 54.0 Å². The Bertz CT molecular complexity index is 1220. The molecule has 0 heterocycles. The van der Waals surface area contributed by atoms with Crippen molar-refractivity contribution >= 4 is 23.7 Å². The van der Waals surface area contributed by atoms with E-state index in [1.165, 1.54) is 45.0 Å². The van der Waals surface area contributed by atoms with Crippen LogP contribution in [-0.2, 0) is 20.7 Å². The Hall–Kier alpha value is -4.40. The molecule has 35 heavy (non-hydrogen) atoms. The second-order valence-corrected chi connectivity index (χ2v) is 7.98. The molecule has 0 aromatic heterocycles. The summed E-state index contributed by atoms with van der Waals surface area (Å²) in [6.45, 7) is 12.6. The number of hydrogen-bond acceptors (Lipinski definition) is 9. The maximum absolute atomic E-state index is 12.6. The lowest BCUT2D eigenvalue weighted by Crippen LogP contribution is -2.18. The molecule has 0 saturated heterocycles. The number of phenols is 2. The van der Waals surface area contributed by atoms with Gasteiger partial charge in [-0.25, -0.2) is 14.4 Å². The van der Waals surface area contributed by atoms with Crippen molar-refractivity contribution < 1.29 is 43.6 Å². The third-order valence-corrected chi connectivity index (χ3v) is 4.62. The fourth-order valence-electron chi connectivity index (χ4n) is 2.95. The Kier molecular flexibility index (Phi) is 8.55. The third-order valence-electron chi connectivity index (χ3n) is 4.62. The Balaban J connectivity index is 2.23. The van der Waals surface area contributed by atoms with Crippen molar-refractivity contribution in [3.63, 3.8) is 0 Å². The van der Waals surface area contributed by atoms with Crippen LogP contribution >= 0.6 is 0 Å². The van der Waals surface area contributed by atoms with Crippen LogP contribution in [-0.4, -0.2) is 40.0 Å². The molecule has 0 aliphatic rings. The molecule has 0 saturated carbocycles. The molecule has 9 nitrogen and oxygen atoms in total. The first kappa shape index (κ1) is 26.8. The number of ketones is 1. The molecule has 2 rings (SSSR count). The van der Waals surface area contributed by atoms with Gasteiger partial charge in [0.1, 0.15) is 40.2 Å². The topological polar surface area (TPSA) is 136 Å². The second kappa shape index (κ2) is 11.1. The van der Waals surface area contributed by atoms with Gasteiger partial charge >= 0.3 is 17.9 Å². The van der Waals surface area contributed by atoms with Crippen molar-refractivity contribution in [3.05, 3.63) is 71.3 Å². The Morgan fingerprint density at radius 3 is 2.06 bits per heavy atom. The van der Waals surface area contributed by atoms with E-state index >= 15 is 0 Å². The highest BCUT2D eigenvalue weighted by atomic mass is 16.5. The van der Waals surface area contributed by atoms with Crippen molar-refractivity contribution in [2.75, 3.05) is 0 Å². The number of esters is 3. The summed E-state index contributed by atoms with van der Waals surface area (Å²) >= 11 is 0. The second-order valence-electron chi connectivity index (χ2n) is 7.98. The lowest BCUT2D eigenvalue weighted by atomic mass is 10.0. The molecule has 2 N–H and O–H groups in total. The molecule has 0 fully saturated rings. The zero-order chi connectivity index (χ0) is 26.4. The number of rotatable bonds is 9. The summed E-state index contributed by atoms with van der Waals surface area (Å²) in [5, 5.41) is 20.4. The monoisotopic (exact) mass is 482 g/mol. The predicted octanol–water partition coefficient (Wildman–Crippen LogP) is 4.05. The summed E-state index contributed by atoms with van der Waals surface area (Å²) in [6.07, 6.45) is -0.698. The fraction of sp³-hybridized carbons (Fsp3) is 0.231. The molecule has 0 aliphatic heterocycles. The van der Waals surface area contributed by atoms with Gasteiger partial charge in [0.2, 0.25) is 0 Å². The van der Waals surface area contributed by atoms with Crippen molar-refractivity contribution in [1.29, 1.82) is 0 Å². The van der Waals surface area contributed by atoms with E-state index in [2.05, 4.69) is 13.2 Å². The minimum Gasteiger partial charge on any atom is -0.507 e. The van der Waals surface area contributed by atoms with Gasteiger partial charge in [-0.3, -0.25) is 4.79 Å². The van der Waals surface area contributed by atoms with Crippen LogP contribution in [0, 0.1) is 0 Å². The number of aromatic hydroxyl groups is 2. The van der Waals surface area contributed by atoms with Gasteiger partial charge in [0.05, 0.1) is 0 Å². The number of carbonyl (C=O) groups is 4. The van der Waals surface area contributed by atoms with Gasteiger partial charge in [0.15, 0.2) is 5.78 Å². The molecule has 0 spiro atoms. The summed E-state index contributed by atoms with van der Waals surface area (Å²) in [4.78, 5) is 48.2. The molecular formula is C26H26O9. The smallest absolute Gasteiger partial charge is 0.342 e. The normalized spacial score (nSPS) is 11.2. The summed E-state index contributed by atoms with van der Waals surface area (Å²) < 4.78 is 15.6. The van der Waals surface area contributed by atoms with Gasteiger partial charge in [-0.1, -0.05) is 13.2 Å². The van der Waals surface area contributed by atoms with Crippen molar-refractivity contribution in [2.24, 2.45) is 0 Å². The highest BCUT2D eigenvalue weighted by Crippen LogP contribution is 2.32. The number of Topliss-reactive ketones (excluding diaryl/α,β-unsaturated/α-hetero) is 1. The van der Waals surface area contributed by atoms with Gasteiger partial charge in [-0.2, -0.15) is 0 Å². The lowest BCUT2D eigenvalue weighted by molar-refractivity contribution is -0.131. The van der Waals surface area contributed by atoms with Crippen molar-refractivity contribution in [1.82, 2.24) is 0 Å². The van der Waals surface area contributed by atoms with Crippen LogP contribution in [0.4, 0.5) is 0 Å². The minimum absolute atomic E-state index is 0.0177. The maximum Gasteiger partial charge on any atom is 0.342 e. The average Bonchev–Trinajstić information content (AvgIpc) is 2.73. The number of ether oxygens (including phenoxy) is 3. The molecule has 1 atom stereocenters. The molecule has 184 valence electrons. The first-order valence-corrected chi connectivity index (χ1v) is 10.5. The highest BCUT2D eigenvalue weighted by molar-refractivity contribution is 6.01. The molecule has 9 heteroatoms. The van der Waals surface area contributed by atoms with E-state index in [0.29, 0.717) is 5.56 Å². The van der Waals surface area contributed by atoms with E-state index in [0.717, 1.165) is 6.07 Å². The summed E-state index contributed by atoms with van der Waals surface area (Å²) in [5.41, 5.74) is 0.269. The highest BCUT2D eigenvalue weighted by Gasteiger charge is 2.22. The van der Waals surface area contributed by atoms with Gasteiger partial charge in [-0.05, 0) is 63.6 Å². The van der Waals surface area contributed by atoms with E-state index in [-0.39, 0.29) is 45.9 Å². The molecule has 0 bridgehead atoms. The van der Waals surface area contributed by atoms with Crippen LogP contribution in [0.25, 0.3) is 0 Å². The fourth-order valence-corrected chi connectivity index (χ4v) is 2.95. The number of benzene rings is 2. The molecule has 0 amide bonds. The van der Waals surface area contributed by atoms with Crippen molar-refractivity contribution in [2.45, 2.75) is 40.2 Å². The molecule has 2 aromatic carbocycles. The van der Waals surface area contributed by atoms with E-state index in [1.807, 2.05) is 0 Å². The molecule has 0 aliphatic carbocycles. The standard InChI is InChI=1S/C26H26O9/c1-13(2)24(30)34-18-7-8-20(28)19(12-18)26(32)33-15(5)9-17-10-21(29)23(16(6)27)22(11-17)35-25(31)14(3)4/h7-8,10-12,15,28-29H,1,3,9H2,2,4-6H3. The minimum atomic E-state index is -0.887. The zero-order valence-corrected chi connectivity index (χ0v) is 19.8. The number of phenolic OH excluding ortho intramolecular Hbond substituents is 2.